The van der Waals surface area contributed by atoms with Crippen LogP contribution < -0.4 is 14.2 Å². The smallest absolute Gasteiger partial charge is 0.335 e. The molecule has 0 aliphatic rings. The van der Waals surface area contributed by atoms with Crippen LogP contribution in [0.4, 0.5) is 5.69 Å². The van der Waals surface area contributed by atoms with Gasteiger partial charge in [0.05, 0.1) is 29.7 Å². The molecule has 1 heterocycles. The number of carboxylic acid groups (broad SMARTS) is 1. The number of nitrogens with one attached hydrogen (secondary N) is 1. The molecule has 3 rings (SSSR count). The highest BCUT2D eigenvalue weighted by atomic mass is 32.2. The monoisotopic (exact) mass is 387 g/mol. The molecular weight excluding hydrogens is 370 g/mol. The van der Waals surface area contributed by atoms with E-state index in [4.69, 9.17) is 14.6 Å². The maximum atomic E-state index is 11.1. The van der Waals surface area contributed by atoms with Crippen molar-refractivity contribution in [3.63, 3.8) is 0 Å². The summed E-state index contributed by atoms with van der Waals surface area (Å²) in [6, 6.07) is 16.8. The van der Waals surface area contributed by atoms with Gasteiger partial charge in [0.25, 0.3) is 0 Å². The van der Waals surface area contributed by atoms with E-state index >= 15 is 0 Å². The zero-order valence-corrected chi connectivity index (χ0v) is 15.8. The molecule has 7 heteroatoms. The fourth-order valence-electron chi connectivity index (χ4n) is 2.32. The Labute approximate surface area is 159 Å². The normalized spacial score (nSPS) is 10.4. The summed E-state index contributed by atoms with van der Waals surface area (Å²) in [5, 5.41) is 9.06. The molecule has 0 saturated carbocycles. The Morgan fingerprint density at radius 1 is 1.08 bits per heavy atom. The van der Waals surface area contributed by atoms with Crippen LogP contribution in [0, 0.1) is 0 Å². The maximum Gasteiger partial charge on any atom is 0.335 e. The topological polar surface area (TPSA) is 67.8 Å². The van der Waals surface area contributed by atoms with Gasteiger partial charge in [-0.2, -0.15) is 0 Å². The molecule has 0 aliphatic carbocycles. The van der Waals surface area contributed by atoms with Crippen LogP contribution in [0.1, 0.15) is 10.4 Å². The van der Waals surface area contributed by atoms with Gasteiger partial charge in [-0.3, -0.25) is 0 Å². The van der Waals surface area contributed by atoms with E-state index in [0.717, 1.165) is 26.1 Å². The Hall–Kier alpha value is -2.64. The lowest BCUT2D eigenvalue weighted by Crippen LogP contribution is -1.99. The molecule has 0 aliphatic heterocycles. The van der Waals surface area contributed by atoms with E-state index in [-0.39, 0.29) is 5.56 Å². The molecule has 0 amide bonds. The summed E-state index contributed by atoms with van der Waals surface area (Å²) in [7, 11) is 3.17. The summed E-state index contributed by atoms with van der Waals surface area (Å²) in [4.78, 5) is 12.2. The summed E-state index contributed by atoms with van der Waals surface area (Å²) in [6.45, 7) is 0. The highest BCUT2D eigenvalue weighted by molar-refractivity contribution is 8.02. The number of hydrogen-bond donors (Lipinski definition) is 2. The van der Waals surface area contributed by atoms with Crippen LogP contribution >= 0.6 is 23.3 Å². The molecule has 26 heavy (non-hydrogen) atoms. The standard InChI is InChI=1S/C19H17NO4S2/c1-23-14-5-3-4-12(10-14)17-8-9-18(25-17)26-20-15-7-6-13(19(21)22)11-16(15)24-2/h3-11,20H,1-2H3,(H,21,22). The van der Waals surface area contributed by atoms with Crippen LogP contribution in [-0.2, 0) is 0 Å². The number of rotatable bonds is 7. The van der Waals surface area contributed by atoms with Gasteiger partial charge in [-0.05, 0) is 60.0 Å². The molecule has 0 atom stereocenters. The van der Waals surface area contributed by atoms with Crippen molar-refractivity contribution < 1.29 is 19.4 Å². The van der Waals surface area contributed by atoms with Gasteiger partial charge in [0.15, 0.2) is 0 Å². The van der Waals surface area contributed by atoms with E-state index in [1.165, 1.54) is 25.1 Å². The van der Waals surface area contributed by atoms with Crippen molar-refractivity contribution in [2.45, 2.75) is 4.21 Å². The average Bonchev–Trinajstić information content (AvgIpc) is 3.15. The molecule has 0 bridgehead atoms. The van der Waals surface area contributed by atoms with Crippen LogP contribution in [0.25, 0.3) is 10.4 Å². The Morgan fingerprint density at radius 3 is 2.65 bits per heavy atom. The molecule has 2 aromatic carbocycles. The first-order valence-corrected chi connectivity index (χ1v) is 9.32. The third kappa shape index (κ3) is 4.12. The molecule has 134 valence electrons. The van der Waals surface area contributed by atoms with Gasteiger partial charge in [-0.1, -0.05) is 12.1 Å². The average molecular weight is 387 g/mol. The minimum absolute atomic E-state index is 0.189. The van der Waals surface area contributed by atoms with Gasteiger partial charge in [-0.25, -0.2) is 4.79 Å². The number of hydrogen-bond acceptors (Lipinski definition) is 6. The van der Waals surface area contributed by atoms with Crippen LogP contribution in [-0.4, -0.2) is 25.3 Å². The van der Waals surface area contributed by atoms with E-state index < -0.39 is 5.97 Å². The second-order valence-electron chi connectivity index (χ2n) is 5.27. The third-order valence-electron chi connectivity index (χ3n) is 3.65. The van der Waals surface area contributed by atoms with Crippen molar-refractivity contribution >= 4 is 34.9 Å². The fraction of sp³-hybridized carbons (Fsp3) is 0.105. The quantitative estimate of drug-likeness (QED) is 0.540. The first-order chi connectivity index (χ1) is 12.6. The zero-order chi connectivity index (χ0) is 18.5. The summed E-state index contributed by atoms with van der Waals surface area (Å²) in [6.07, 6.45) is 0. The molecule has 1 aromatic heterocycles. The molecule has 2 N–H and O–H groups in total. The molecule has 0 saturated heterocycles. The van der Waals surface area contributed by atoms with E-state index in [1.807, 2.05) is 30.3 Å². The molecular formula is C19H17NO4S2. The van der Waals surface area contributed by atoms with Gasteiger partial charge >= 0.3 is 5.97 Å². The van der Waals surface area contributed by atoms with Gasteiger partial charge < -0.3 is 19.3 Å². The second kappa shape index (κ2) is 8.16. The number of aromatic carboxylic acids is 1. The highest BCUT2D eigenvalue weighted by Gasteiger charge is 2.10. The molecule has 0 spiro atoms. The van der Waals surface area contributed by atoms with E-state index in [9.17, 15) is 4.79 Å². The van der Waals surface area contributed by atoms with Crippen molar-refractivity contribution in [3.05, 3.63) is 60.2 Å². The van der Waals surface area contributed by atoms with Crippen molar-refractivity contribution in [3.8, 4) is 21.9 Å². The Balaban J connectivity index is 1.73. The summed E-state index contributed by atoms with van der Waals surface area (Å²) < 4.78 is 14.8. The Morgan fingerprint density at radius 2 is 1.92 bits per heavy atom. The number of carboxylic acids is 1. The highest BCUT2D eigenvalue weighted by Crippen LogP contribution is 2.37. The number of methoxy groups -OCH3 is 2. The van der Waals surface area contributed by atoms with Crippen LogP contribution in [0.15, 0.2) is 58.8 Å². The lowest BCUT2D eigenvalue weighted by molar-refractivity contribution is 0.0696. The van der Waals surface area contributed by atoms with Crippen molar-refractivity contribution in [2.24, 2.45) is 0 Å². The summed E-state index contributed by atoms with van der Waals surface area (Å²) >= 11 is 3.11. The molecule has 0 unspecified atom stereocenters. The van der Waals surface area contributed by atoms with Gasteiger partial charge in [0.1, 0.15) is 11.5 Å². The number of carbonyl (C=O) groups is 1. The van der Waals surface area contributed by atoms with Crippen molar-refractivity contribution in [2.75, 3.05) is 18.9 Å². The zero-order valence-electron chi connectivity index (χ0n) is 14.2. The van der Waals surface area contributed by atoms with Crippen molar-refractivity contribution in [1.82, 2.24) is 0 Å². The number of thiophene rings is 1. The van der Waals surface area contributed by atoms with Gasteiger partial charge in [0, 0.05) is 4.88 Å². The van der Waals surface area contributed by atoms with E-state index in [1.54, 1.807) is 30.6 Å². The predicted octanol–water partition coefficient (Wildman–Crippen LogP) is 5.25. The van der Waals surface area contributed by atoms with Gasteiger partial charge in [-0.15, -0.1) is 11.3 Å². The maximum absolute atomic E-state index is 11.1. The molecule has 0 fully saturated rings. The summed E-state index contributed by atoms with van der Waals surface area (Å²) in [5.74, 6) is 0.331. The third-order valence-corrected chi connectivity index (χ3v) is 5.73. The number of anilines is 1. The first-order valence-electron chi connectivity index (χ1n) is 7.69. The van der Waals surface area contributed by atoms with E-state index in [0.29, 0.717) is 5.75 Å². The van der Waals surface area contributed by atoms with Gasteiger partial charge in [0.2, 0.25) is 0 Å². The Kier molecular flexibility index (Phi) is 5.70. The Bertz CT molecular complexity index is 923. The van der Waals surface area contributed by atoms with Crippen LogP contribution in [0.5, 0.6) is 11.5 Å². The van der Waals surface area contributed by atoms with Crippen LogP contribution in [0.3, 0.4) is 0 Å². The summed E-state index contributed by atoms with van der Waals surface area (Å²) in [5.41, 5.74) is 2.01. The predicted molar refractivity (Wildman–Crippen MR) is 106 cm³/mol. The fourth-order valence-corrected chi connectivity index (χ4v) is 4.13. The lowest BCUT2D eigenvalue weighted by atomic mass is 10.2. The largest absolute Gasteiger partial charge is 0.497 e. The van der Waals surface area contributed by atoms with Crippen LogP contribution in [0.2, 0.25) is 0 Å². The lowest BCUT2D eigenvalue weighted by Gasteiger charge is -2.10. The minimum atomic E-state index is -0.983. The number of benzene rings is 2. The van der Waals surface area contributed by atoms with Crippen molar-refractivity contribution in [1.29, 1.82) is 0 Å². The molecule has 5 nitrogen and oxygen atoms in total. The second-order valence-corrected chi connectivity index (χ2v) is 7.47. The SMILES string of the molecule is COc1cccc(-c2ccc(SNc3ccc(C(=O)O)cc3OC)s2)c1. The minimum Gasteiger partial charge on any atom is -0.497 e. The first kappa shape index (κ1) is 18.2. The molecule has 3 aromatic rings. The molecule has 0 radical (unpaired) electrons. The number of ether oxygens (including phenoxy) is 2. The van der Waals surface area contributed by atoms with E-state index in [2.05, 4.69) is 10.8 Å².